The standard InChI is InChI=1S/C14H16N2O6.C10H13NO4.C4H3NO3/c17-10-5-6-11(18)15(10)9-3-1-2-4-14(21)22-16-12(19)7-8-13(16)20;12-8-5-6-9(13)11(8)7-3-1-2-4-10(14)15;6-3-1-2-4(7)5(3)8/h5-6H,1-4,7-9H2;5-6H,1-4,7H2,(H,14,15);1-2,8H. The van der Waals surface area contributed by atoms with Gasteiger partial charge in [-0.05, 0) is 25.7 Å². The summed E-state index contributed by atoms with van der Waals surface area (Å²) >= 11 is 0. The summed E-state index contributed by atoms with van der Waals surface area (Å²) in [4.78, 5) is 116. The van der Waals surface area contributed by atoms with Crippen LogP contribution in [-0.4, -0.2) is 103 Å². The van der Waals surface area contributed by atoms with E-state index in [-0.39, 0.29) is 54.4 Å². The zero-order valence-corrected chi connectivity index (χ0v) is 24.1. The van der Waals surface area contributed by atoms with Crippen molar-refractivity contribution in [2.45, 2.75) is 64.2 Å². The molecule has 1 saturated heterocycles. The predicted molar refractivity (Wildman–Crippen MR) is 146 cm³/mol. The number of unbranched alkanes of at least 4 members (excludes halogenated alkanes) is 4. The van der Waals surface area contributed by atoms with Crippen LogP contribution in [-0.2, 0) is 52.8 Å². The Morgan fingerprint density at radius 2 is 0.956 bits per heavy atom. The number of nitrogens with zero attached hydrogens (tertiary/aromatic N) is 4. The van der Waals surface area contributed by atoms with Gasteiger partial charge in [-0.2, -0.15) is 0 Å². The van der Waals surface area contributed by atoms with Gasteiger partial charge in [-0.3, -0.25) is 58.2 Å². The van der Waals surface area contributed by atoms with E-state index in [0.29, 0.717) is 56.7 Å². The van der Waals surface area contributed by atoms with Crippen LogP contribution in [0.25, 0.3) is 0 Å². The quantitative estimate of drug-likeness (QED) is 0.154. The molecule has 242 valence electrons. The van der Waals surface area contributed by atoms with Gasteiger partial charge in [0, 0.05) is 75.2 Å². The topological polar surface area (TPSA) is 233 Å². The number of carboxylic acids is 1. The van der Waals surface area contributed by atoms with Crippen LogP contribution in [0.1, 0.15) is 64.2 Å². The average Bonchev–Trinajstić information content (AvgIpc) is 3.69. The second-order valence-corrected chi connectivity index (χ2v) is 9.70. The number of imide groups is 4. The normalized spacial score (nSPS) is 17.0. The van der Waals surface area contributed by atoms with Gasteiger partial charge in [0.25, 0.3) is 47.3 Å². The van der Waals surface area contributed by atoms with Crippen LogP contribution in [0, 0.1) is 0 Å². The molecule has 0 spiro atoms. The van der Waals surface area contributed by atoms with Crippen LogP contribution in [0.5, 0.6) is 0 Å². The van der Waals surface area contributed by atoms with E-state index in [0.717, 1.165) is 17.1 Å². The molecule has 0 atom stereocenters. The zero-order valence-electron chi connectivity index (χ0n) is 24.1. The van der Waals surface area contributed by atoms with Crippen molar-refractivity contribution in [3.05, 3.63) is 36.5 Å². The van der Waals surface area contributed by atoms with E-state index in [1.165, 1.54) is 29.2 Å². The predicted octanol–water partition coefficient (Wildman–Crippen LogP) is -0.0640. The molecule has 0 saturated carbocycles. The number of carboxylic acid groups (broad SMARTS) is 1. The molecular formula is C28H32N4O13. The largest absolute Gasteiger partial charge is 0.481 e. The Hall–Kier alpha value is -5.32. The van der Waals surface area contributed by atoms with E-state index in [1.54, 1.807) is 0 Å². The molecule has 0 aromatic rings. The van der Waals surface area contributed by atoms with E-state index in [9.17, 15) is 47.9 Å². The van der Waals surface area contributed by atoms with Crippen LogP contribution in [0.15, 0.2) is 36.5 Å². The highest BCUT2D eigenvalue weighted by atomic mass is 16.7. The van der Waals surface area contributed by atoms with Gasteiger partial charge in [0.2, 0.25) is 0 Å². The monoisotopic (exact) mass is 632 g/mol. The molecule has 4 rings (SSSR count). The summed E-state index contributed by atoms with van der Waals surface area (Å²) in [5, 5.41) is 17.3. The second-order valence-electron chi connectivity index (χ2n) is 9.70. The second kappa shape index (κ2) is 17.7. The van der Waals surface area contributed by atoms with E-state index < -0.39 is 35.6 Å². The maximum atomic E-state index is 11.5. The molecule has 0 unspecified atom stereocenters. The Labute approximate surface area is 256 Å². The fraction of sp³-hybridized carbons (Fsp3) is 0.429. The summed E-state index contributed by atoms with van der Waals surface area (Å²) in [5.74, 6) is -5.04. The van der Waals surface area contributed by atoms with Gasteiger partial charge < -0.3 is 9.94 Å². The van der Waals surface area contributed by atoms with E-state index in [4.69, 9.17) is 15.2 Å². The van der Waals surface area contributed by atoms with Crippen molar-refractivity contribution in [1.29, 1.82) is 0 Å². The molecule has 4 aliphatic heterocycles. The van der Waals surface area contributed by atoms with Gasteiger partial charge in [-0.15, -0.1) is 10.1 Å². The number of carbonyl (C=O) groups excluding carboxylic acids is 9. The molecule has 2 N–H and O–H groups in total. The smallest absolute Gasteiger partial charge is 0.333 e. The molecule has 45 heavy (non-hydrogen) atoms. The lowest BCUT2D eigenvalue weighted by Crippen LogP contribution is -2.32. The van der Waals surface area contributed by atoms with Crippen LogP contribution < -0.4 is 0 Å². The molecule has 0 aliphatic carbocycles. The van der Waals surface area contributed by atoms with Crippen LogP contribution >= 0.6 is 0 Å². The molecule has 8 amide bonds. The molecule has 17 nitrogen and oxygen atoms in total. The molecule has 4 aliphatic rings. The summed E-state index contributed by atoms with van der Waals surface area (Å²) < 4.78 is 0. The first-order chi connectivity index (χ1) is 21.3. The maximum absolute atomic E-state index is 11.5. The molecule has 0 aromatic heterocycles. The first-order valence-corrected chi connectivity index (χ1v) is 13.9. The third-order valence-corrected chi connectivity index (χ3v) is 6.32. The lowest BCUT2D eigenvalue weighted by Gasteiger charge is -2.14. The van der Waals surface area contributed by atoms with Gasteiger partial charge in [0.05, 0.1) is 0 Å². The highest BCUT2D eigenvalue weighted by molar-refractivity contribution is 6.13. The Kier molecular flexibility index (Phi) is 14.1. The number of rotatable bonds is 13. The van der Waals surface area contributed by atoms with Crippen molar-refractivity contribution in [3.63, 3.8) is 0 Å². The number of carbonyl (C=O) groups is 10. The SMILES string of the molecule is O=C(CCCCCN1C(=O)C=CC1=O)ON1C(=O)CCC1=O.O=C(O)CCCCCN1C(=O)C=CC1=O.O=C1C=CC(=O)N1O. The highest BCUT2D eigenvalue weighted by Crippen LogP contribution is 2.14. The molecule has 0 radical (unpaired) electrons. The van der Waals surface area contributed by atoms with E-state index >= 15 is 0 Å². The van der Waals surface area contributed by atoms with Crippen molar-refractivity contribution >= 4 is 59.2 Å². The Bertz CT molecular complexity index is 1260. The minimum absolute atomic E-state index is 0.0556. The van der Waals surface area contributed by atoms with Crippen molar-refractivity contribution in [1.82, 2.24) is 19.9 Å². The van der Waals surface area contributed by atoms with E-state index in [1.807, 2.05) is 0 Å². The maximum Gasteiger partial charge on any atom is 0.333 e. The molecule has 4 heterocycles. The third-order valence-electron chi connectivity index (χ3n) is 6.32. The van der Waals surface area contributed by atoms with Gasteiger partial charge in [-0.1, -0.05) is 12.8 Å². The Morgan fingerprint density at radius 1 is 0.578 bits per heavy atom. The molecule has 0 aromatic carbocycles. The fourth-order valence-corrected chi connectivity index (χ4v) is 3.94. The average molecular weight is 633 g/mol. The van der Waals surface area contributed by atoms with E-state index in [2.05, 4.69) is 0 Å². The lowest BCUT2D eigenvalue weighted by atomic mass is 10.2. The fourth-order valence-electron chi connectivity index (χ4n) is 3.94. The Morgan fingerprint density at radius 3 is 1.31 bits per heavy atom. The van der Waals surface area contributed by atoms with Crippen molar-refractivity contribution in [2.24, 2.45) is 0 Å². The first kappa shape index (κ1) is 35.9. The van der Waals surface area contributed by atoms with Crippen LogP contribution in [0.4, 0.5) is 0 Å². The molecule has 1 fully saturated rings. The zero-order chi connectivity index (χ0) is 33.5. The van der Waals surface area contributed by atoms with Gasteiger partial charge in [0.15, 0.2) is 0 Å². The summed E-state index contributed by atoms with van der Waals surface area (Å²) in [6.07, 6.45) is 10.9. The van der Waals surface area contributed by atoms with Gasteiger partial charge >= 0.3 is 11.9 Å². The van der Waals surface area contributed by atoms with Crippen LogP contribution in [0.2, 0.25) is 0 Å². The number of amides is 8. The summed E-state index contributed by atoms with van der Waals surface area (Å²) in [5.41, 5.74) is 0. The number of hydroxylamine groups is 4. The van der Waals surface area contributed by atoms with Crippen molar-refractivity contribution in [3.8, 4) is 0 Å². The summed E-state index contributed by atoms with van der Waals surface area (Å²) in [7, 11) is 0. The minimum atomic E-state index is -0.815. The molecule has 0 bridgehead atoms. The molecular weight excluding hydrogens is 600 g/mol. The Balaban J connectivity index is 0.000000263. The minimum Gasteiger partial charge on any atom is -0.481 e. The molecule has 17 heteroatoms. The number of hydrogen-bond donors (Lipinski definition) is 2. The van der Waals surface area contributed by atoms with Crippen molar-refractivity contribution in [2.75, 3.05) is 13.1 Å². The number of aliphatic carboxylic acids is 1. The number of hydrogen-bond acceptors (Lipinski definition) is 12. The summed E-state index contributed by atoms with van der Waals surface area (Å²) in [6.45, 7) is 0.688. The lowest BCUT2D eigenvalue weighted by molar-refractivity contribution is -0.197. The van der Waals surface area contributed by atoms with Crippen LogP contribution in [0.3, 0.4) is 0 Å². The van der Waals surface area contributed by atoms with Crippen molar-refractivity contribution < 1.29 is 63.1 Å². The highest BCUT2D eigenvalue weighted by Gasteiger charge is 2.32. The summed E-state index contributed by atoms with van der Waals surface area (Å²) in [6, 6.07) is 0. The van der Waals surface area contributed by atoms with Gasteiger partial charge in [0.1, 0.15) is 0 Å². The van der Waals surface area contributed by atoms with Gasteiger partial charge in [-0.25, -0.2) is 4.79 Å². The first-order valence-electron chi connectivity index (χ1n) is 13.9. The third kappa shape index (κ3) is 11.7.